The molecule has 3 unspecified atom stereocenters. The SMILES string of the molecule is CN1CCC(NC(=O)C2(N)C3CCOC3C2(C)C)CC1. The van der Waals surface area contributed by atoms with Crippen LogP contribution in [0, 0.1) is 11.3 Å². The highest BCUT2D eigenvalue weighted by Gasteiger charge is 2.71. The summed E-state index contributed by atoms with van der Waals surface area (Å²) in [5, 5.41) is 3.20. The summed E-state index contributed by atoms with van der Waals surface area (Å²) in [6.07, 6.45) is 3.09. The van der Waals surface area contributed by atoms with Crippen molar-refractivity contribution in [3.05, 3.63) is 0 Å². The van der Waals surface area contributed by atoms with Crippen LogP contribution in [-0.4, -0.2) is 55.2 Å². The first-order chi connectivity index (χ1) is 9.37. The zero-order chi connectivity index (χ0) is 14.5. The highest BCUT2D eigenvalue weighted by molar-refractivity contribution is 5.89. The van der Waals surface area contributed by atoms with Crippen molar-refractivity contribution in [2.24, 2.45) is 17.1 Å². The number of nitrogens with two attached hydrogens (primary N) is 1. The van der Waals surface area contributed by atoms with Gasteiger partial charge in [-0.15, -0.1) is 0 Å². The molecule has 5 heteroatoms. The second-order valence-electron chi connectivity index (χ2n) is 7.33. The number of fused-ring (bicyclic) bond motifs is 1. The summed E-state index contributed by atoms with van der Waals surface area (Å²) in [6, 6.07) is 0.274. The van der Waals surface area contributed by atoms with Gasteiger partial charge in [-0.3, -0.25) is 4.79 Å². The Morgan fingerprint density at radius 2 is 1.95 bits per heavy atom. The van der Waals surface area contributed by atoms with E-state index in [0.29, 0.717) is 0 Å². The lowest BCUT2D eigenvalue weighted by Gasteiger charge is -2.61. The van der Waals surface area contributed by atoms with Gasteiger partial charge in [0.2, 0.25) is 5.91 Å². The monoisotopic (exact) mass is 281 g/mol. The number of carbonyl (C=O) groups excluding carboxylic acids is 1. The molecule has 5 nitrogen and oxygen atoms in total. The Hall–Kier alpha value is -0.650. The number of ether oxygens (including phenoxy) is 1. The molecule has 3 rings (SSSR count). The Morgan fingerprint density at radius 3 is 2.60 bits per heavy atom. The minimum atomic E-state index is -0.766. The second-order valence-corrected chi connectivity index (χ2v) is 7.33. The number of nitrogens with one attached hydrogen (secondary N) is 1. The van der Waals surface area contributed by atoms with E-state index in [2.05, 4.69) is 31.1 Å². The van der Waals surface area contributed by atoms with Gasteiger partial charge < -0.3 is 20.7 Å². The summed E-state index contributed by atoms with van der Waals surface area (Å²) in [7, 11) is 2.12. The molecule has 3 fully saturated rings. The smallest absolute Gasteiger partial charge is 0.241 e. The first-order valence-corrected chi connectivity index (χ1v) is 7.77. The van der Waals surface area contributed by atoms with Gasteiger partial charge in [0.1, 0.15) is 5.54 Å². The van der Waals surface area contributed by atoms with Crippen LogP contribution in [0.25, 0.3) is 0 Å². The van der Waals surface area contributed by atoms with E-state index in [4.69, 9.17) is 10.5 Å². The molecule has 20 heavy (non-hydrogen) atoms. The van der Waals surface area contributed by atoms with E-state index < -0.39 is 5.54 Å². The molecule has 2 saturated heterocycles. The molecule has 3 aliphatic rings. The first-order valence-electron chi connectivity index (χ1n) is 7.77. The first kappa shape index (κ1) is 14.3. The molecule has 1 aliphatic carbocycles. The molecule has 2 heterocycles. The maximum absolute atomic E-state index is 12.7. The lowest BCUT2D eigenvalue weighted by molar-refractivity contribution is -0.176. The third-order valence-corrected chi connectivity index (χ3v) is 5.88. The molecule has 0 aromatic heterocycles. The minimum absolute atomic E-state index is 0.0313. The van der Waals surface area contributed by atoms with Crippen LogP contribution in [0.4, 0.5) is 0 Å². The standard InChI is InChI=1S/C15H27N3O2/c1-14(2)12-11(6-9-20-12)15(14,16)13(19)17-10-4-7-18(3)8-5-10/h10-12H,4-9,16H2,1-3H3,(H,17,19). The van der Waals surface area contributed by atoms with E-state index in [-0.39, 0.29) is 29.4 Å². The number of hydrogen-bond acceptors (Lipinski definition) is 4. The van der Waals surface area contributed by atoms with Crippen molar-refractivity contribution in [3.63, 3.8) is 0 Å². The molecule has 0 spiro atoms. The molecule has 0 aromatic rings. The molecule has 2 aliphatic heterocycles. The van der Waals surface area contributed by atoms with E-state index in [0.717, 1.165) is 39.0 Å². The van der Waals surface area contributed by atoms with Gasteiger partial charge in [0.05, 0.1) is 6.10 Å². The predicted octanol–water partition coefficient (Wildman–Crippen LogP) is 0.339. The maximum Gasteiger partial charge on any atom is 0.241 e. The van der Waals surface area contributed by atoms with E-state index in [9.17, 15) is 4.79 Å². The van der Waals surface area contributed by atoms with Crippen LogP contribution in [-0.2, 0) is 9.53 Å². The van der Waals surface area contributed by atoms with Crippen molar-refractivity contribution in [1.82, 2.24) is 10.2 Å². The Balaban J connectivity index is 1.67. The number of hydrogen-bond donors (Lipinski definition) is 2. The Kier molecular flexibility index (Phi) is 3.35. The topological polar surface area (TPSA) is 67.6 Å². The summed E-state index contributed by atoms with van der Waals surface area (Å²) in [6.45, 7) is 6.95. The van der Waals surface area contributed by atoms with Gasteiger partial charge in [-0.1, -0.05) is 13.8 Å². The van der Waals surface area contributed by atoms with Crippen LogP contribution in [0.3, 0.4) is 0 Å². The number of rotatable bonds is 2. The normalized spacial score (nSPS) is 41.0. The summed E-state index contributed by atoms with van der Waals surface area (Å²) in [5.41, 5.74) is 5.51. The average Bonchev–Trinajstić information content (AvgIpc) is 2.88. The van der Waals surface area contributed by atoms with Crippen LogP contribution >= 0.6 is 0 Å². The van der Waals surface area contributed by atoms with Gasteiger partial charge in [-0.05, 0) is 39.4 Å². The average molecular weight is 281 g/mol. The molecule has 1 amide bonds. The van der Waals surface area contributed by atoms with Crippen molar-refractivity contribution in [2.75, 3.05) is 26.7 Å². The molecule has 114 valence electrons. The van der Waals surface area contributed by atoms with Crippen LogP contribution in [0.5, 0.6) is 0 Å². The number of carbonyl (C=O) groups is 1. The van der Waals surface area contributed by atoms with Crippen molar-refractivity contribution >= 4 is 5.91 Å². The molecular weight excluding hydrogens is 254 g/mol. The molecule has 0 radical (unpaired) electrons. The van der Waals surface area contributed by atoms with E-state index in [1.165, 1.54) is 0 Å². The lowest BCUT2D eigenvalue weighted by atomic mass is 9.48. The fraction of sp³-hybridized carbons (Fsp3) is 0.933. The largest absolute Gasteiger partial charge is 0.377 e. The summed E-state index contributed by atoms with van der Waals surface area (Å²) < 4.78 is 5.75. The van der Waals surface area contributed by atoms with Gasteiger partial charge in [0.15, 0.2) is 0 Å². The summed E-state index contributed by atoms with van der Waals surface area (Å²) >= 11 is 0. The van der Waals surface area contributed by atoms with E-state index >= 15 is 0 Å². The highest BCUT2D eigenvalue weighted by Crippen LogP contribution is 2.58. The van der Waals surface area contributed by atoms with Crippen molar-refractivity contribution in [2.45, 2.75) is 50.8 Å². The molecule has 1 saturated carbocycles. The Morgan fingerprint density at radius 1 is 1.30 bits per heavy atom. The molecular formula is C15H27N3O2. The highest BCUT2D eigenvalue weighted by atomic mass is 16.5. The summed E-state index contributed by atoms with van der Waals surface area (Å²) in [5.74, 6) is 0.215. The Labute approximate surface area is 121 Å². The van der Waals surface area contributed by atoms with Crippen molar-refractivity contribution < 1.29 is 9.53 Å². The van der Waals surface area contributed by atoms with Crippen LogP contribution in [0.15, 0.2) is 0 Å². The number of piperidine rings is 1. The zero-order valence-electron chi connectivity index (χ0n) is 12.8. The minimum Gasteiger partial charge on any atom is -0.377 e. The fourth-order valence-electron chi connectivity index (χ4n) is 4.30. The van der Waals surface area contributed by atoms with Crippen LogP contribution < -0.4 is 11.1 Å². The number of likely N-dealkylation sites (tertiary alicyclic amines) is 1. The molecule has 3 atom stereocenters. The van der Waals surface area contributed by atoms with E-state index in [1.54, 1.807) is 0 Å². The van der Waals surface area contributed by atoms with Gasteiger partial charge in [0, 0.05) is 24.0 Å². The Bertz CT molecular complexity index is 404. The quantitative estimate of drug-likeness (QED) is 0.766. The fourth-order valence-corrected chi connectivity index (χ4v) is 4.30. The number of amides is 1. The third-order valence-electron chi connectivity index (χ3n) is 5.88. The van der Waals surface area contributed by atoms with Crippen LogP contribution in [0.1, 0.15) is 33.1 Å². The lowest BCUT2D eigenvalue weighted by Crippen LogP contribution is -2.80. The summed E-state index contributed by atoms with van der Waals surface area (Å²) in [4.78, 5) is 15.1. The van der Waals surface area contributed by atoms with Crippen molar-refractivity contribution in [3.8, 4) is 0 Å². The second kappa shape index (κ2) is 4.68. The maximum atomic E-state index is 12.7. The van der Waals surface area contributed by atoms with Crippen molar-refractivity contribution in [1.29, 1.82) is 0 Å². The molecule has 0 bridgehead atoms. The van der Waals surface area contributed by atoms with Gasteiger partial charge in [0.25, 0.3) is 0 Å². The number of nitrogens with zero attached hydrogens (tertiary/aromatic N) is 1. The third kappa shape index (κ3) is 1.83. The molecule has 0 aromatic carbocycles. The molecule has 3 N–H and O–H groups in total. The van der Waals surface area contributed by atoms with E-state index in [1.807, 2.05) is 0 Å². The van der Waals surface area contributed by atoms with Crippen LogP contribution in [0.2, 0.25) is 0 Å². The van der Waals surface area contributed by atoms with Gasteiger partial charge >= 0.3 is 0 Å². The zero-order valence-corrected chi connectivity index (χ0v) is 12.8. The van der Waals surface area contributed by atoms with Gasteiger partial charge in [-0.25, -0.2) is 0 Å². The predicted molar refractivity (Wildman–Crippen MR) is 77.2 cm³/mol. The van der Waals surface area contributed by atoms with Gasteiger partial charge in [-0.2, -0.15) is 0 Å².